The van der Waals surface area contributed by atoms with E-state index in [2.05, 4.69) is 138 Å². The molecule has 0 fully saturated rings. The summed E-state index contributed by atoms with van der Waals surface area (Å²) in [4.78, 5) is 4.10. The first-order valence-corrected chi connectivity index (χ1v) is 22.1. The highest BCUT2D eigenvalue weighted by atomic mass is 19.1. The fourth-order valence-electron chi connectivity index (χ4n) is 11.3. The fourth-order valence-corrected chi connectivity index (χ4v) is 11.3. The van der Waals surface area contributed by atoms with Crippen molar-refractivity contribution in [2.45, 2.75) is 5.41 Å². The molecule has 0 saturated carbocycles. The number of para-hydroxylation sites is 4. The molecule has 65 heavy (non-hydrogen) atoms. The Hall–Kier alpha value is -8.34. The van der Waals surface area contributed by atoms with E-state index in [1.165, 1.54) is 45.0 Å². The number of rotatable bonds is 6. The highest BCUT2D eigenvalue weighted by Gasteiger charge is 2.54. The van der Waals surface area contributed by atoms with Crippen LogP contribution in [0.4, 0.5) is 42.9 Å². The molecule has 306 valence electrons. The van der Waals surface area contributed by atoms with Gasteiger partial charge < -0.3 is 9.80 Å². The second-order valence-corrected chi connectivity index (χ2v) is 17.0. The van der Waals surface area contributed by atoms with Gasteiger partial charge in [-0.2, -0.15) is 0 Å². The Morgan fingerprint density at radius 2 is 0.769 bits per heavy atom. The Balaban J connectivity index is 1.20. The van der Waals surface area contributed by atoms with Gasteiger partial charge in [0.25, 0.3) is 0 Å². The third-order valence-corrected chi connectivity index (χ3v) is 13.7. The normalized spacial score (nSPS) is 12.9. The zero-order chi connectivity index (χ0) is 43.2. The second kappa shape index (κ2) is 14.3. The van der Waals surface area contributed by atoms with Crippen LogP contribution >= 0.6 is 0 Å². The lowest BCUT2D eigenvalue weighted by Crippen LogP contribution is -2.26. The highest BCUT2D eigenvalue weighted by molar-refractivity contribution is 6.24. The monoisotopic (exact) mass is 836 g/mol. The van der Waals surface area contributed by atoms with Crippen LogP contribution < -0.4 is 9.80 Å². The lowest BCUT2D eigenvalue weighted by molar-refractivity contribution is 0.628. The molecule has 13 rings (SSSR count). The molecule has 0 aromatic heterocycles. The molecule has 2 nitrogen and oxygen atoms in total. The smallest absolute Gasteiger partial charge is 0.147 e. The third kappa shape index (κ3) is 5.25. The quantitative estimate of drug-likeness (QED) is 0.154. The molecule has 0 amide bonds. The molecular weight excluding hydrogens is 799 g/mol. The molecule has 0 N–H and O–H groups in total. The molecule has 11 aromatic carbocycles. The van der Waals surface area contributed by atoms with E-state index in [0.717, 1.165) is 60.6 Å². The number of hydrogen-bond donors (Lipinski definition) is 0. The lowest BCUT2D eigenvalue weighted by atomic mass is 9.69. The van der Waals surface area contributed by atoms with E-state index >= 15 is 8.78 Å². The van der Waals surface area contributed by atoms with Crippen LogP contribution in [0.1, 0.15) is 22.3 Å². The van der Waals surface area contributed by atoms with Crippen molar-refractivity contribution in [1.29, 1.82) is 0 Å². The summed E-state index contributed by atoms with van der Waals surface area (Å²) in [6, 6.07) is 78.3. The van der Waals surface area contributed by atoms with E-state index in [0.29, 0.717) is 11.4 Å². The zero-order valence-electron chi connectivity index (χ0n) is 35.1. The molecule has 1 spiro atoms. The summed E-state index contributed by atoms with van der Waals surface area (Å²) in [5.41, 5.74) is 13.2. The summed E-state index contributed by atoms with van der Waals surface area (Å²) in [6.07, 6.45) is 0. The molecular formula is C61H38F2N2. The van der Waals surface area contributed by atoms with E-state index in [4.69, 9.17) is 0 Å². The van der Waals surface area contributed by atoms with Crippen molar-refractivity contribution in [3.05, 3.63) is 264 Å². The number of hydrogen-bond acceptors (Lipinski definition) is 2. The average Bonchev–Trinajstić information content (AvgIpc) is 3.84. The maximum Gasteiger partial charge on any atom is 0.147 e. The Morgan fingerprint density at radius 1 is 0.292 bits per heavy atom. The molecule has 0 radical (unpaired) electrons. The first-order valence-electron chi connectivity index (χ1n) is 22.1. The first-order chi connectivity index (χ1) is 32.1. The Morgan fingerprint density at radius 3 is 1.38 bits per heavy atom. The van der Waals surface area contributed by atoms with Crippen molar-refractivity contribution in [2.24, 2.45) is 0 Å². The van der Waals surface area contributed by atoms with E-state index in [1.807, 2.05) is 77.7 Å². The number of fused-ring (bicyclic) bond motifs is 17. The molecule has 0 saturated heterocycles. The molecule has 2 aliphatic rings. The van der Waals surface area contributed by atoms with Crippen LogP contribution in [-0.4, -0.2) is 0 Å². The zero-order valence-corrected chi connectivity index (χ0v) is 35.1. The largest absolute Gasteiger partial charge is 0.308 e. The minimum absolute atomic E-state index is 0.300. The molecule has 0 atom stereocenters. The van der Waals surface area contributed by atoms with Crippen molar-refractivity contribution < 1.29 is 8.78 Å². The molecule has 0 aliphatic heterocycles. The maximum atomic E-state index is 16.4. The van der Waals surface area contributed by atoms with Gasteiger partial charge in [-0.05, 0) is 138 Å². The van der Waals surface area contributed by atoms with Gasteiger partial charge in [-0.3, -0.25) is 0 Å². The van der Waals surface area contributed by atoms with Gasteiger partial charge in [-0.15, -0.1) is 0 Å². The van der Waals surface area contributed by atoms with Crippen LogP contribution in [0.25, 0.3) is 54.6 Å². The van der Waals surface area contributed by atoms with E-state index in [1.54, 1.807) is 18.2 Å². The predicted octanol–water partition coefficient (Wildman–Crippen LogP) is 16.7. The summed E-state index contributed by atoms with van der Waals surface area (Å²) in [5.74, 6) is -0.602. The predicted molar refractivity (Wildman–Crippen MR) is 265 cm³/mol. The van der Waals surface area contributed by atoms with E-state index in [-0.39, 0.29) is 11.6 Å². The number of anilines is 6. The highest BCUT2D eigenvalue weighted by Crippen LogP contribution is 2.67. The van der Waals surface area contributed by atoms with Crippen LogP contribution in [0, 0.1) is 11.6 Å². The standard InChI is InChI=1S/C61H38F2N2/c62-53-31-15-17-33-55(53)64(39-19-3-1-4-20-39)41-35-36-48-49(37-41)42-23-7-9-27-46(42)59-58-47-28-10-8-26-45(47)57(65(40-21-5-2-6-22-40)56-34-18-16-32-54(56)63)38-52(58)61(60(48)59)50-29-13-11-24-43(50)44-25-12-14-30-51(44)61/h1-38H. The SMILES string of the molecule is Fc1ccccc1N(c1ccccc1)c1ccc2c3c(c4ccccc4c2c1)-c1c(cc(N(c2ccccc2)c2ccccc2F)c2ccccc12)C31c2ccccc2-c2ccccc21. The molecule has 0 heterocycles. The minimum atomic E-state index is -0.775. The van der Waals surface area contributed by atoms with Gasteiger partial charge in [-0.25, -0.2) is 8.78 Å². The van der Waals surface area contributed by atoms with Crippen molar-refractivity contribution in [2.75, 3.05) is 9.80 Å². The van der Waals surface area contributed by atoms with Gasteiger partial charge >= 0.3 is 0 Å². The molecule has 0 bridgehead atoms. The van der Waals surface area contributed by atoms with Crippen molar-refractivity contribution >= 4 is 66.4 Å². The van der Waals surface area contributed by atoms with E-state index in [9.17, 15) is 0 Å². The van der Waals surface area contributed by atoms with Gasteiger partial charge in [-0.1, -0.05) is 164 Å². The van der Waals surface area contributed by atoms with Crippen molar-refractivity contribution in [3.8, 4) is 22.3 Å². The number of benzene rings is 11. The second-order valence-electron chi connectivity index (χ2n) is 17.0. The van der Waals surface area contributed by atoms with Crippen molar-refractivity contribution in [3.63, 3.8) is 0 Å². The van der Waals surface area contributed by atoms with Crippen LogP contribution in [0.3, 0.4) is 0 Å². The van der Waals surface area contributed by atoms with Gasteiger partial charge in [0.2, 0.25) is 0 Å². The summed E-state index contributed by atoms with van der Waals surface area (Å²) in [5, 5.41) is 6.54. The Bertz CT molecular complexity index is 3670. The van der Waals surface area contributed by atoms with E-state index < -0.39 is 5.41 Å². The Labute approximate surface area is 375 Å². The summed E-state index contributed by atoms with van der Waals surface area (Å²) >= 11 is 0. The number of halogens is 2. The van der Waals surface area contributed by atoms with Gasteiger partial charge in [0.1, 0.15) is 11.6 Å². The van der Waals surface area contributed by atoms with Gasteiger partial charge in [0, 0.05) is 22.4 Å². The molecule has 4 heteroatoms. The Kier molecular flexibility index (Phi) is 8.22. The lowest BCUT2D eigenvalue weighted by Gasteiger charge is -2.34. The third-order valence-electron chi connectivity index (χ3n) is 13.7. The summed E-state index contributed by atoms with van der Waals surface area (Å²) < 4.78 is 32.4. The topological polar surface area (TPSA) is 6.48 Å². The molecule has 0 unspecified atom stereocenters. The van der Waals surface area contributed by atoms with Crippen LogP contribution in [-0.2, 0) is 5.41 Å². The summed E-state index contributed by atoms with van der Waals surface area (Å²) in [7, 11) is 0. The average molecular weight is 837 g/mol. The molecule has 2 aliphatic carbocycles. The van der Waals surface area contributed by atoms with Crippen molar-refractivity contribution in [1.82, 2.24) is 0 Å². The first kappa shape index (κ1) is 37.2. The van der Waals surface area contributed by atoms with Gasteiger partial charge in [0.05, 0.1) is 22.5 Å². The van der Waals surface area contributed by atoms with Crippen LogP contribution in [0.2, 0.25) is 0 Å². The van der Waals surface area contributed by atoms with Gasteiger partial charge in [0.15, 0.2) is 0 Å². The van der Waals surface area contributed by atoms with Crippen LogP contribution in [0.5, 0.6) is 0 Å². The van der Waals surface area contributed by atoms with Crippen LogP contribution in [0.15, 0.2) is 231 Å². The summed E-state index contributed by atoms with van der Waals surface area (Å²) in [6.45, 7) is 0. The molecule has 11 aromatic rings. The fraction of sp³-hybridized carbons (Fsp3) is 0.0164. The maximum absolute atomic E-state index is 16.4. The number of nitrogens with zero attached hydrogens (tertiary/aromatic N) is 2. The minimum Gasteiger partial charge on any atom is -0.308 e.